The van der Waals surface area contributed by atoms with Gasteiger partial charge >= 0.3 is 0 Å². The van der Waals surface area contributed by atoms with Gasteiger partial charge < -0.3 is 10.6 Å². The van der Waals surface area contributed by atoms with Crippen LogP contribution in [0.2, 0.25) is 0 Å². The molecule has 0 aliphatic heterocycles. The van der Waals surface area contributed by atoms with Crippen LogP contribution in [0.3, 0.4) is 0 Å². The van der Waals surface area contributed by atoms with E-state index in [1.165, 1.54) is 6.42 Å². The van der Waals surface area contributed by atoms with Crippen LogP contribution in [0.25, 0.3) is 0 Å². The van der Waals surface area contributed by atoms with Gasteiger partial charge in [0.25, 0.3) is 0 Å². The SMILES string of the molecule is C=C(NCC)NCCC(C)C. The summed E-state index contributed by atoms with van der Waals surface area (Å²) in [5.41, 5.74) is 0. The lowest BCUT2D eigenvalue weighted by molar-refractivity contribution is 0.552. The number of hydrogen-bond acceptors (Lipinski definition) is 2. The van der Waals surface area contributed by atoms with Crippen molar-refractivity contribution in [3.63, 3.8) is 0 Å². The monoisotopic (exact) mass is 156 g/mol. The largest absolute Gasteiger partial charge is 0.373 e. The zero-order valence-electron chi connectivity index (χ0n) is 7.91. The molecule has 0 atom stereocenters. The molecule has 0 radical (unpaired) electrons. The van der Waals surface area contributed by atoms with Crippen LogP contribution in [0.5, 0.6) is 0 Å². The molecule has 0 aromatic carbocycles. The molecule has 2 N–H and O–H groups in total. The maximum Gasteiger partial charge on any atom is 0.0912 e. The molecule has 0 heterocycles. The van der Waals surface area contributed by atoms with E-state index in [2.05, 4.69) is 38.0 Å². The van der Waals surface area contributed by atoms with Crippen molar-refractivity contribution in [3.8, 4) is 0 Å². The minimum absolute atomic E-state index is 0.761. The summed E-state index contributed by atoms with van der Waals surface area (Å²) in [6.45, 7) is 12.3. The van der Waals surface area contributed by atoms with Gasteiger partial charge in [-0.25, -0.2) is 0 Å². The summed E-state index contributed by atoms with van der Waals surface area (Å²) in [6, 6.07) is 0. The van der Waals surface area contributed by atoms with E-state index in [1.54, 1.807) is 0 Å². The second-order valence-corrected chi connectivity index (χ2v) is 3.12. The third-order valence-electron chi connectivity index (χ3n) is 1.45. The number of hydrogen-bond donors (Lipinski definition) is 2. The van der Waals surface area contributed by atoms with E-state index in [0.717, 1.165) is 24.8 Å². The van der Waals surface area contributed by atoms with Crippen LogP contribution < -0.4 is 10.6 Å². The second kappa shape index (κ2) is 6.08. The first-order valence-electron chi connectivity index (χ1n) is 4.33. The van der Waals surface area contributed by atoms with E-state index in [0.29, 0.717) is 0 Å². The van der Waals surface area contributed by atoms with E-state index in [4.69, 9.17) is 0 Å². The van der Waals surface area contributed by atoms with Crippen molar-refractivity contribution in [1.29, 1.82) is 0 Å². The van der Waals surface area contributed by atoms with Crippen molar-refractivity contribution in [2.75, 3.05) is 13.1 Å². The molecule has 0 aliphatic carbocycles. The van der Waals surface area contributed by atoms with Gasteiger partial charge in [-0.3, -0.25) is 0 Å². The fraction of sp³-hybridized carbons (Fsp3) is 0.778. The molecule has 0 saturated carbocycles. The van der Waals surface area contributed by atoms with Gasteiger partial charge in [0.1, 0.15) is 0 Å². The van der Waals surface area contributed by atoms with Crippen LogP contribution in [0.1, 0.15) is 27.2 Å². The van der Waals surface area contributed by atoms with E-state index in [9.17, 15) is 0 Å². The van der Waals surface area contributed by atoms with Crippen LogP contribution >= 0.6 is 0 Å². The molecule has 66 valence electrons. The highest BCUT2D eigenvalue weighted by atomic mass is 15.1. The maximum atomic E-state index is 3.82. The number of rotatable bonds is 6. The van der Waals surface area contributed by atoms with Gasteiger partial charge in [0.15, 0.2) is 0 Å². The zero-order valence-corrected chi connectivity index (χ0v) is 7.91. The predicted octanol–water partition coefficient (Wildman–Crippen LogP) is 1.70. The molecule has 0 spiro atoms. The van der Waals surface area contributed by atoms with Gasteiger partial charge in [0, 0.05) is 13.1 Å². The Morgan fingerprint density at radius 2 is 2.00 bits per heavy atom. The second-order valence-electron chi connectivity index (χ2n) is 3.12. The third-order valence-corrected chi connectivity index (χ3v) is 1.45. The Morgan fingerprint density at radius 1 is 1.36 bits per heavy atom. The van der Waals surface area contributed by atoms with Gasteiger partial charge in [-0.15, -0.1) is 0 Å². The highest BCUT2D eigenvalue weighted by Gasteiger charge is 1.93. The van der Waals surface area contributed by atoms with Gasteiger partial charge in [-0.05, 0) is 19.3 Å². The lowest BCUT2D eigenvalue weighted by atomic mass is 10.1. The first-order chi connectivity index (χ1) is 5.16. The van der Waals surface area contributed by atoms with Crippen molar-refractivity contribution in [3.05, 3.63) is 12.4 Å². The molecular formula is C9H20N2. The minimum Gasteiger partial charge on any atom is -0.373 e. The summed E-state index contributed by atoms with van der Waals surface area (Å²) in [5, 5.41) is 6.32. The maximum absolute atomic E-state index is 3.82. The Morgan fingerprint density at radius 3 is 2.45 bits per heavy atom. The molecule has 11 heavy (non-hydrogen) atoms. The van der Waals surface area contributed by atoms with Crippen LogP contribution in [0.4, 0.5) is 0 Å². The molecular weight excluding hydrogens is 136 g/mol. The summed E-state index contributed by atoms with van der Waals surface area (Å²) in [6.07, 6.45) is 1.20. The average Bonchev–Trinajstić information content (AvgIpc) is 1.87. The van der Waals surface area contributed by atoms with Crippen molar-refractivity contribution >= 4 is 0 Å². The third kappa shape index (κ3) is 7.23. The van der Waals surface area contributed by atoms with Gasteiger partial charge in [0.2, 0.25) is 0 Å². The Balaban J connectivity index is 3.17. The first kappa shape index (κ1) is 10.3. The van der Waals surface area contributed by atoms with Crippen molar-refractivity contribution in [2.45, 2.75) is 27.2 Å². The summed E-state index contributed by atoms with van der Waals surface area (Å²) < 4.78 is 0. The Bertz CT molecular complexity index is 108. The summed E-state index contributed by atoms with van der Waals surface area (Å²) >= 11 is 0. The Hall–Kier alpha value is -0.660. The minimum atomic E-state index is 0.761. The normalized spacial score (nSPS) is 9.82. The van der Waals surface area contributed by atoms with E-state index in [1.807, 2.05) is 0 Å². The molecule has 0 aromatic heterocycles. The fourth-order valence-electron chi connectivity index (χ4n) is 0.788. The van der Waals surface area contributed by atoms with Crippen LogP contribution in [0, 0.1) is 5.92 Å². The molecule has 0 unspecified atom stereocenters. The topological polar surface area (TPSA) is 24.1 Å². The summed E-state index contributed by atoms with van der Waals surface area (Å²) in [5.74, 6) is 1.70. The molecule has 0 fully saturated rings. The Kier molecular flexibility index (Phi) is 5.71. The molecule has 0 aliphatic rings. The highest BCUT2D eigenvalue weighted by Crippen LogP contribution is 1.96. The number of nitrogens with one attached hydrogen (secondary N) is 2. The molecule has 2 nitrogen and oxygen atoms in total. The van der Waals surface area contributed by atoms with E-state index >= 15 is 0 Å². The van der Waals surface area contributed by atoms with Crippen molar-refractivity contribution in [1.82, 2.24) is 10.6 Å². The van der Waals surface area contributed by atoms with E-state index in [-0.39, 0.29) is 0 Å². The lowest BCUT2D eigenvalue weighted by Gasteiger charge is -2.11. The highest BCUT2D eigenvalue weighted by molar-refractivity contribution is 4.86. The molecule has 0 rings (SSSR count). The first-order valence-corrected chi connectivity index (χ1v) is 4.33. The van der Waals surface area contributed by atoms with Crippen LogP contribution in [-0.2, 0) is 0 Å². The van der Waals surface area contributed by atoms with Gasteiger partial charge in [-0.2, -0.15) is 0 Å². The van der Waals surface area contributed by atoms with Crippen molar-refractivity contribution in [2.24, 2.45) is 5.92 Å². The average molecular weight is 156 g/mol. The standard InChI is InChI=1S/C9H20N2/c1-5-10-9(4)11-7-6-8(2)3/h8,10-11H,4-7H2,1-3H3. The summed E-state index contributed by atoms with van der Waals surface area (Å²) in [7, 11) is 0. The Labute approximate surface area is 70.1 Å². The van der Waals surface area contributed by atoms with Crippen LogP contribution in [-0.4, -0.2) is 13.1 Å². The fourth-order valence-corrected chi connectivity index (χ4v) is 0.788. The van der Waals surface area contributed by atoms with Crippen LogP contribution in [0.15, 0.2) is 12.4 Å². The quantitative estimate of drug-likeness (QED) is 0.611. The molecule has 0 aromatic rings. The molecule has 0 amide bonds. The van der Waals surface area contributed by atoms with Crippen molar-refractivity contribution < 1.29 is 0 Å². The molecule has 0 saturated heterocycles. The lowest BCUT2D eigenvalue weighted by Crippen LogP contribution is -2.26. The molecule has 2 heteroatoms. The smallest absolute Gasteiger partial charge is 0.0912 e. The predicted molar refractivity (Wildman–Crippen MR) is 50.3 cm³/mol. The zero-order chi connectivity index (χ0) is 8.69. The summed E-state index contributed by atoms with van der Waals surface area (Å²) in [4.78, 5) is 0. The van der Waals surface area contributed by atoms with E-state index < -0.39 is 0 Å². The van der Waals surface area contributed by atoms with Gasteiger partial charge in [-0.1, -0.05) is 20.4 Å². The van der Waals surface area contributed by atoms with Gasteiger partial charge in [0.05, 0.1) is 5.82 Å². The molecule has 0 bridgehead atoms.